The average Bonchev–Trinajstić information content (AvgIpc) is 3.55. The van der Waals surface area contributed by atoms with Crippen LogP contribution in [-0.4, -0.2) is 48.2 Å². The van der Waals surface area contributed by atoms with E-state index in [-0.39, 0.29) is 0 Å². The maximum Gasteiger partial charge on any atom is 0.341 e. The molecule has 0 radical (unpaired) electrons. The monoisotopic (exact) mass is 540 g/mol. The van der Waals surface area contributed by atoms with Gasteiger partial charge in [0.05, 0.1) is 24.4 Å². The molecule has 3 heterocycles. The van der Waals surface area contributed by atoms with Crippen LogP contribution >= 0.6 is 22.9 Å². The minimum atomic E-state index is -0.480. The third kappa shape index (κ3) is 6.49. The molecule has 4 rings (SSSR count). The van der Waals surface area contributed by atoms with Crippen LogP contribution < -0.4 is 10.1 Å². The second kappa shape index (κ2) is 12.2. The Balaban J connectivity index is 1.67. The van der Waals surface area contributed by atoms with E-state index in [1.165, 1.54) is 7.11 Å². The molecule has 8 nitrogen and oxygen atoms in total. The Hall–Kier alpha value is -3.40. The van der Waals surface area contributed by atoms with E-state index in [0.717, 1.165) is 28.2 Å². The van der Waals surface area contributed by atoms with E-state index < -0.39 is 5.97 Å². The van der Waals surface area contributed by atoms with Gasteiger partial charge in [0.25, 0.3) is 0 Å². The third-order valence-electron chi connectivity index (χ3n) is 5.45. The second-order valence-electron chi connectivity index (χ2n) is 8.70. The zero-order valence-corrected chi connectivity index (χ0v) is 22.7. The number of ether oxygens (including phenoxy) is 3. The van der Waals surface area contributed by atoms with Gasteiger partial charge in [-0.1, -0.05) is 31.5 Å². The summed E-state index contributed by atoms with van der Waals surface area (Å²) in [5.41, 5.74) is 2.95. The number of rotatable bonds is 11. The van der Waals surface area contributed by atoms with Gasteiger partial charge in [0, 0.05) is 35.5 Å². The summed E-state index contributed by atoms with van der Waals surface area (Å²) in [5.74, 6) is 1.41. The predicted octanol–water partition coefficient (Wildman–Crippen LogP) is 6.40. The highest BCUT2D eigenvalue weighted by molar-refractivity contribution is 7.13. The molecule has 3 aromatic heterocycles. The summed E-state index contributed by atoms with van der Waals surface area (Å²) in [6.45, 7) is 5.17. The van der Waals surface area contributed by atoms with Crippen molar-refractivity contribution in [1.29, 1.82) is 0 Å². The number of thiophene rings is 1. The number of nitrogens with zero attached hydrogens (tertiary/aromatic N) is 3. The Morgan fingerprint density at radius 1 is 1.16 bits per heavy atom. The number of esters is 1. The Morgan fingerprint density at radius 2 is 2.00 bits per heavy atom. The van der Waals surface area contributed by atoms with Gasteiger partial charge in [-0.25, -0.2) is 14.5 Å². The molecule has 0 amide bonds. The van der Waals surface area contributed by atoms with Gasteiger partial charge in [0.2, 0.25) is 0 Å². The molecule has 0 fully saturated rings. The minimum Gasteiger partial charge on any atom is -0.490 e. The van der Waals surface area contributed by atoms with Crippen molar-refractivity contribution in [3.63, 3.8) is 0 Å². The number of nitrogens with one attached hydrogen (secondary N) is 1. The van der Waals surface area contributed by atoms with Gasteiger partial charge >= 0.3 is 5.97 Å². The molecule has 10 heteroatoms. The molecule has 1 aromatic carbocycles. The summed E-state index contributed by atoms with van der Waals surface area (Å²) in [5, 5.41) is 10.4. The van der Waals surface area contributed by atoms with E-state index in [9.17, 15) is 4.79 Å². The maximum absolute atomic E-state index is 12.6. The number of carbonyl (C=O) groups is 1. The number of pyridine rings is 1. The van der Waals surface area contributed by atoms with E-state index in [1.807, 2.05) is 46.5 Å². The van der Waals surface area contributed by atoms with Crippen LogP contribution in [0.4, 0.5) is 11.6 Å². The van der Waals surface area contributed by atoms with Crippen LogP contribution in [0.1, 0.15) is 29.9 Å². The van der Waals surface area contributed by atoms with Crippen molar-refractivity contribution in [3.8, 4) is 21.9 Å². The van der Waals surface area contributed by atoms with Crippen molar-refractivity contribution >= 4 is 40.5 Å². The first-order valence-electron chi connectivity index (χ1n) is 11.8. The van der Waals surface area contributed by atoms with Crippen LogP contribution in [0.5, 0.6) is 5.75 Å². The first-order chi connectivity index (χ1) is 17.9. The Labute approximate surface area is 225 Å². The number of aromatic nitrogens is 3. The van der Waals surface area contributed by atoms with E-state index in [4.69, 9.17) is 30.9 Å². The first-order valence-corrected chi connectivity index (χ1v) is 13.0. The van der Waals surface area contributed by atoms with Crippen LogP contribution in [0.3, 0.4) is 0 Å². The molecule has 0 bridgehead atoms. The quantitative estimate of drug-likeness (QED) is 0.174. The number of hydrogen-bond acceptors (Lipinski definition) is 8. The van der Waals surface area contributed by atoms with Crippen molar-refractivity contribution in [2.45, 2.75) is 20.3 Å². The smallest absolute Gasteiger partial charge is 0.341 e. The van der Waals surface area contributed by atoms with Crippen LogP contribution in [0, 0.1) is 5.92 Å². The molecule has 1 N–H and O–H groups in total. The molecule has 4 aromatic rings. The van der Waals surface area contributed by atoms with Gasteiger partial charge in [-0.3, -0.25) is 0 Å². The van der Waals surface area contributed by atoms with Gasteiger partial charge in [-0.2, -0.15) is 0 Å². The van der Waals surface area contributed by atoms with Gasteiger partial charge < -0.3 is 19.5 Å². The lowest BCUT2D eigenvalue weighted by Crippen LogP contribution is -2.08. The SMILES string of the molecule is COCCOc1ccc(-n2nc(Nc3ncc(-c4cccs4)cc3C(=O)OC)cc2CC(C)C)cc1Cl. The largest absolute Gasteiger partial charge is 0.490 e. The number of benzene rings is 1. The van der Waals surface area contributed by atoms with Crippen LogP contribution in [0.15, 0.2) is 54.0 Å². The van der Waals surface area contributed by atoms with Crippen molar-refractivity contribution in [1.82, 2.24) is 14.8 Å². The highest BCUT2D eigenvalue weighted by atomic mass is 35.5. The molecule has 0 saturated heterocycles. The van der Waals surface area contributed by atoms with Gasteiger partial charge in [0.1, 0.15) is 23.7 Å². The van der Waals surface area contributed by atoms with Gasteiger partial charge in [-0.15, -0.1) is 16.4 Å². The standard InChI is InChI=1S/C27H29ClN4O4S/c1-17(2)12-20-15-25(31-32(20)19-7-8-23(22(28)14-19)36-10-9-34-3)30-26-21(27(33)35-4)13-18(16-29-26)24-6-5-11-37-24/h5-8,11,13-17H,9-10,12H2,1-4H3,(H,29,30,31). The number of methoxy groups -OCH3 is 2. The topological polar surface area (TPSA) is 87.5 Å². The second-order valence-corrected chi connectivity index (χ2v) is 10.1. The number of hydrogen-bond donors (Lipinski definition) is 1. The lowest BCUT2D eigenvalue weighted by molar-refractivity contribution is 0.0601. The zero-order valence-electron chi connectivity index (χ0n) is 21.2. The molecule has 0 aliphatic carbocycles. The molecule has 0 spiro atoms. The summed E-state index contributed by atoms with van der Waals surface area (Å²) >= 11 is 8.07. The molecule has 0 unspecified atom stereocenters. The third-order valence-corrected chi connectivity index (χ3v) is 6.67. The van der Waals surface area contributed by atoms with Crippen LogP contribution in [0.25, 0.3) is 16.1 Å². The van der Waals surface area contributed by atoms with Crippen LogP contribution in [0.2, 0.25) is 5.02 Å². The normalized spacial score (nSPS) is 11.1. The predicted molar refractivity (Wildman–Crippen MR) is 147 cm³/mol. The number of halogens is 1. The lowest BCUT2D eigenvalue weighted by Gasteiger charge is -2.12. The number of anilines is 2. The van der Waals surface area contributed by atoms with Gasteiger partial charge in [0.15, 0.2) is 5.82 Å². The Kier molecular flexibility index (Phi) is 8.81. The molecule has 37 heavy (non-hydrogen) atoms. The maximum atomic E-state index is 12.6. The molecular formula is C27H29ClN4O4S. The van der Waals surface area contributed by atoms with E-state index >= 15 is 0 Å². The fourth-order valence-corrected chi connectivity index (χ4v) is 4.71. The van der Waals surface area contributed by atoms with Crippen molar-refractivity contribution in [2.75, 3.05) is 32.8 Å². The fourth-order valence-electron chi connectivity index (χ4n) is 3.77. The number of carbonyl (C=O) groups excluding carboxylic acids is 1. The molecular weight excluding hydrogens is 512 g/mol. The highest BCUT2D eigenvalue weighted by Gasteiger charge is 2.19. The molecule has 0 saturated carbocycles. The van der Waals surface area contributed by atoms with E-state index in [1.54, 1.807) is 30.7 Å². The van der Waals surface area contributed by atoms with Crippen molar-refractivity contribution in [2.24, 2.45) is 5.92 Å². The Morgan fingerprint density at radius 3 is 2.68 bits per heavy atom. The van der Waals surface area contributed by atoms with Gasteiger partial charge in [-0.05, 0) is 48.1 Å². The summed E-state index contributed by atoms with van der Waals surface area (Å²) in [4.78, 5) is 18.1. The zero-order chi connectivity index (χ0) is 26.4. The van der Waals surface area contributed by atoms with E-state index in [0.29, 0.717) is 47.1 Å². The average molecular weight is 541 g/mol. The van der Waals surface area contributed by atoms with Crippen molar-refractivity contribution in [3.05, 3.63) is 70.3 Å². The van der Waals surface area contributed by atoms with E-state index in [2.05, 4.69) is 24.1 Å². The molecule has 0 aliphatic heterocycles. The lowest BCUT2D eigenvalue weighted by atomic mass is 10.1. The molecule has 0 aliphatic rings. The summed E-state index contributed by atoms with van der Waals surface area (Å²) < 4.78 is 17.6. The molecule has 0 atom stereocenters. The Bertz CT molecular complexity index is 1350. The minimum absolute atomic E-state index is 0.328. The summed E-state index contributed by atoms with van der Waals surface area (Å²) in [6, 6.07) is 13.2. The highest BCUT2D eigenvalue weighted by Crippen LogP contribution is 2.31. The first kappa shape index (κ1) is 26.7. The summed E-state index contributed by atoms with van der Waals surface area (Å²) in [6.07, 6.45) is 2.52. The summed E-state index contributed by atoms with van der Waals surface area (Å²) in [7, 11) is 2.97. The fraction of sp³-hybridized carbons (Fsp3) is 0.296. The molecule has 194 valence electrons. The van der Waals surface area contributed by atoms with Crippen LogP contribution in [-0.2, 0) is 15.9 Å². The van der Waals surface area contributed by atoms with Crippen molar-refractivity contribution < 1.29 is 19.0 Å².